The van der Waals surface area contributed by atoms with Gasteiger partial charge in [0.1, 0.15) is 62.4 Å². The summed E-state index contributed by atoms with van der Waals surface area (Å²) in [5.74, 6) is 5.72. The summed E-state index contributed by atoms with van der Waals surface area (Å²) in [6, 6.07) is 65.5. The molecule has 0 spiro atoms. The number of aliphatic hydroxyl groups excluding tert-OH is 3. The van der Waals surface area contributed by atoms with Crippen LogP contribution in [0.1, 0.15) is 45.0 Å². The number of aromatic amines is 6. The van der Waals surface area contributed by atoms with E-state index in [-0.39, 0.29) is 19.8 Å². The highest BCUT2D eigenvalue weighted by Gasteiger charge is 2.15. The van der Waals surface area contributed by atoms with Crippen molar-refractivity contribution < 1.29 is 38.7 Å². The molecule has 26 heteroatoms. The number of ether oxygens (including phenoxy) is 3. The molecule has 25 nitrogen and oxygen atoms in total. The summed E-state index contributed by atoms with van der Waals surface area (Å²) in [7, 11) is 3.29. The maximum absolute atomic E-state index is 13.0. The summed E-state index contributed by atoms with van der Waals surface area (Å²) >= 11 is 0. The molecule has 109 heavy (non-hydrogen) atoms. The topological polar surface area (TPSA) is 355 Å². The molecule has 0 fully saturated rings. The minimum atomic E-state index is -0.538. The third-order valence-electron chi connectivity index (χ3n) is 16.9. The van der Waals surface area contributed by atoms with E-state index in [2.05, 4.69) is 89.7 Å². The summed E-state index contributed by atoms with van der Waals surface area (Å²) in [4.78, 5) is 82.3. The molecule has 0 radical (unpaired) electrons. The van der Waals surface area contributed by atoms with Crippen LogP contribution in [0.15, 0.2) is 219 Å². The highest BCUT2D eigenvalue weighted by molar-refractivity contribution is 5.87. The van der Waals surface area contributed by atoms with E-state index in [1.165, 1.54) is 6.07 Å². The second kappa shape index (κ2) is 33.8. The van der Waals surface area contributed by atoms with Gasteiger partial charge in [0, 0.05) is 35.0 Å². The first-order chi connectivity index (χ1) is 53.1. The lowest BCUT2D eigenvalue weighted by molar-refractivity contribution is -0.120. The number of carbonyl (C=O) groups excluding carboxylic acids is 1. The second-order valence-corrected chi connectivity index (χ2v) is 24.9. The van der Waals surface area contributed by atoms with Gasteiger partial charge in [-0.1, -0.05) is 60.7 Å². The van der Waals surface area contributed by atoms with Crippen LogP contribution in [-0.2, 0) is 24.6 Å². The lowest BCUT2D eigenvalue weighted by atomic mass is 10.2. The Morgan fingerprint density at radius 1 is 0.349 bits per heavy atom. The van der Waals surface area contributed by atoms with Gasteiger partial charge in [-0.3, -0.25) is 9.78 Å². The van der Waals surface area contributed by atoms with Crippen molar-refractivity contribution in [3.63, 3.8) is 0 Å². The Kier molecular flexibility index (Phi) is 22.7. The number of aliphatic hydroxyl groups is 3. The van der Waals surface area contributed by atoms with Crippen LogP contribution < -0.4 is 14.2 Å². The van der Waals surface area contributed by atoms with E-state index in [9.17, 15) is 9.18 Å². The van der Waals surface area contributed by atoms with Gasteiger partial charge < -0.3 is 59.4 Å². The van der Waals surface area contributed by atoms with E-state index in [1.54, 1.807) is 62.9 Å². The van der Waals surface area contributed by atoms with Gasteiger partial charge in [-0.2, -0.15) is 4.39 Å². The standard InChI is InChI=1S/C14H11N3O2.4C14H13N3O.C13H10FN3O/c1-9-4-5-15-13(6-9)14-16-11-3-2-10(19-8-18)7-12(11)17-14;2*1-9-5-3-7-11(15-9)14-16-10-6-4-8-12(18-2)13(10)17-14;2*1-9-3-2-4-12(15-9)14-16-11-6-5-10(8-18)7-13(11)17-14;14-12-3-1-2-10(15-12)13-16-9-5-4-8(7-18)6-11(9)17-13/h2-8H,1H3,(H,16,17);2*3-8H,1-2H3,(H,16,17);2*2-7,18H,8H2,1H3,(H,16,17);1-6,18H,7H2,(H,16,17). The molecule has 544 valence electrons. The van der Waals surface area contributed by atoms with Crippen LogP contribution in [0.3, 0.4) is 0 Å². The first kappa shape index (κ1) is 73.2. The Morgan fingerprint density at radius 2 is 0.688 bits per heavy atom. The number of nitrogens with one attached hydrogen (secondary N) is 6. The Morgan fingerprint density at radius 3 is 1.05 bits per heavy atom. The molecule has 0 saturated heterocycles. The zero-order valence-corrected chi connectivity index (χ0v) is 60.2. The molecule has 0 bridgehead atoms. The van der Waals surface area contributed by atoms with E-state index in [4.69, 9.17) is 29.5 Å². The zero-order chi connectivity index (χ0) is 75.9. The van der Waals surface area contributed by atoms with Crippen LogP contribution in [0, 0.1) is 40.6 Å². The molecule has 0 unspecified atom stereocenters. The van der Waals surface area contributed by atoms with Crippen molar-refractivity contribution >= 4 is 72.7 Å². The number of benzene rings is 6. The predicted molar refractivity (Wildman–Crippen MR) is 417 cm³/mol. The van der Waals surface area contributed by atoms with Crippen LogP contribution >= 0.6 is 0 Å². The molecule has 0 atom stereocenters. The smallest absolute Gasteiger partial charge is 0.298 e. The number of halogens is 1. The highest BCUT2D eigenvalue weighted by Crippen LogP contribution is 2.30. The third-order valence-corrected chi connectivity index (χ3v) is 16.9. The van der Waals surface area contributed by atoms with Crippen LogP contribution in [0.5, 0.6) is 17.2 Å². The lowest BCUT2D eigenvalue weighted by Crippen LogP contribution is -1.88. The van der Waals surface area contributed by atoms with E-state index in [0.717, 1.165) is 174 Å². The molecular formula is C83H73FN18O7. The van der Waals surface area contributed by atoms with Crippen LogP contribution in [0.25, 0.3) is 135 Å². The minimum Gasteiger partial charge on any atom is -0.494 e. The van der Waals surface area contributed by atoms with Crippen LogP contribution in [-0.4, -0.2) is 126 Å². The number of para-hydroxylation sites is 2. The van der Waals surface area contributed by atoms with Crippen LogP contribution in [0.2, 0.25) is 0 Å². The molecule has 0 saturated carbocycles. The highest BCUT2D eigenvalue weighted by atomic mass is 19.1. The van der Waals surface area contributed by atoms with Gasteiger partial charge in [0.05, 0.1) is 89.2 Å². The number of H-pyrrole nitrogens is 6. The maximum Gasteiger partial charge on any atom is 0.298 e. The fraction of sp³-hybridized carbons (Fsp3) is 0.120. The Labute approximate surface area is 622 Å². The van der Waals surface area contributed by atoms with Crippen molar-refractivity contribution in [1.29, 1.82) is 0 Å². The molecule has 12 aromatic heterocycles. The molecular weight excluding hydrogens is 1380 g/mol. The first-order valence-electron chi connectivity index (χ1n) is 34.4. The van der Waals surface area contributed by atoms with E-state index >= 15 is 0 Å². The Balaban J connectivity index is 0.000000115. The van der Waals surface area contributed by atoms with Crippen molar-refractivity contribution in [1.82, 2.24) is 89.7 Å². The second-order valence-electron chi connectivity index (χ2n) is 24.9. The van der Waals surface area contributed by atoms with Gasteiger partial charge in [0.2, 0.25) is 5.95 Å². The van der Waals surface area contributed by atoms with Crippen LogP contribution in [0.4, 0.5) is 4.39 Å². The maximum atomic E-state index is 13.0. The van der Waals surface area contributed by atoms with E-state index in [1.807, 2.05) is 198 Å². The SMILES string of the molecule is COc1cccc2[nH]c(-c3cccc(C)n3)nc12.COc1cccc2[nH]c(-c3cccc(C)n3)nc12.Cc1cccc(-c2nc3ccc(CO)cc3[nH]2)n1.Cc1cccc(-c2nc3ccc(CO)cc3[nH]2)n1.Cc1ccnc(-c2nc3ccc(OC=O)cc3[nH]2)c1.OCc1ccc2nc(-c3cccc(F)n3)[nH]c2c1. The van der Waals surface area contributed by atoms with Crippen molar-refractivity contribution in [2.75, 3.05) is 14.2 Å². The van der Waals surface area contributed by atoms with Gasteiger partial charge in [0.15, 0.2) is 34.9 Å². The molecule has 18 rings (SSSR count). The molecule has 0 aliphatic heterocycles. The van der Waals surface area contributed by atoms with Gasteiger partial charge in [-0.15, -0.1) is 0 Å². The number of carbonyl (C=O) groups is 1. The number of fused-ring (bicyclic) bond motifs is 6. The summed E-state index contributed by atoms with van der Waals surface area (Å²) in [6.07, 6.45) is 1.75. The number of nitrogens with zero attached hydrogens (tertiary/aromatic N) is 12. The Hall–Kier alpha value is -14.1. The third kappa shape index (κ3) is 17.8. The monoisotopic (exact) mass is 1450 g/mol. The average molecular weight is 1450 g/mol. The summed E-state index contributed by atoms with van der Waals surface area (Å²) in [6.45, 7) is 10.3. The quantitative estimate of drug-likeness (QED) is 0.0382. The minimum absolute atomic E-state index is 0.0253. The number of pyridine rings is 6. The van der Waals surface area contributed by atoms with Crippen molar-refractivity contribution in [3.8, 4) is 86.4 Å². The molecule has 0 amide bonds. The first-order valence-corrected chi connectivity index (χ1v) is 34.4. The van der Waals surface area contributed by atoms with Crippen molar-refractivity contribution in [2.45, 2.75) is 54.4 Å². The molecule has 9 N–H and O–H groups in total. The van der Waals surface area contributed by atoms with Gasteiger partial charge >= 0.3 is 0 Å². The van der Waals surface area contributed by atoms with E-state index in [0.29, 0.717) is 29.6 Å². The van der Waals surface area contributed by atoms with Gasteiger partial charge in [-0.25, -0.2) is 54.8 Å². The fourth-order valence-electron chi connectivity index (χ4n) is 11.6. The molecule has 0 aliphatic rings. The number of aryl methyl sites for hydroxylation is 5. The summed E-state index contributed by atoms with van der Waals surface area (Å²) in [5, 5.41) is 27.3. The lowest BCUT2D eigenvalue weighted by Gasteiger charge is -1.98. The summed E-state index contributed by atoms with van der Waals surface area (Å²) < 4.78 is 28.4. The molecule has 12 heterocycles. The Bertz CT molecular complexity index is 5780. The average Bonchev–Trinajstić information content (AvgIpc) is 1.71. The number of hydrogen-bond donors (Lipinski definition) is 9. The largest absolute Gasteiger partial charge is 0.494 e. The molecule has 0 aliphatic carbocycles. The normalized spacial score (nSPS) is 10.9. The molecule has 6 aromatic carbocycles. The number of imidazole rings is 6. The van der Waals surface area contributed by atoms with Gasteiger partial charge in [-0.05, 0) is 202 Å². The van der Waals surface area contributed by atoms with Gasteiger partial charge in [0.25, 0.3) is 6.47 Å². The number of aromatic nitrogens is 18. The zero-order valence-electron chi connectivity index (χ0n) is 60.2. The number of hydrogen-bond acceptors (Lipinski definition) is 19. The number of methoxy groups -OCH3 is 2. The summed E-state index contributed by atoms with van der Waals surface area (Å²) in [5.41, 5.74) is 22.4. The fourth-order valence-corrected chi connectivity index (χ4v) is 11.6. The molecule has 18 aromatic rings. The van der Waals surface area contributed by atoms with Crippen molar-refractivity contribution in [3.05, 3.63) is 269 Å². The van der Waals surface area contributed by atoms with Crippen molar-refractivity contribution in [2.24, 2.45) is 0 Å². The predicted octanol–water partition coefficient (Wildman–Crippen LogP) is 15.5. The number of rotatable bonds is 13. The van der Waals surface area contributed by atoms with E-state index < -0.39 is 5.95 Å².